The average Bonchev–Trinajstić information content (AvgIpc) is 2.12. The van der Waals surface area contributed by atoms with E-state index in [0.717, 1.165) is 13.7 Å². The fourth-order valence-electron chi connectivity index (χ4n) is 0.919. The molecule has 0 aromatic heterocycles. The summed E-state index contributed by atoms with van der Waals surface area (Å²) < 4.78 is 1.97. The van der Waals surface area contributed by atoms with Crippen molar-refractivity contribution in [2.75, 3.05) is 5.32 Å². The summed E-state index contributed by atoms with van der Waals surface area (Å²) in [4.78, 5) is 11.3. The van der Waals surface area contributed by atoms with Crippen molar-refractivity contribution in [1.29, 1.82) is 0 Å². The van der Waals surface area contributed by atoms with Gasteiger partial charge in [-0.1, -0.05) is 22.0 Å². The van der Waals surface area contributed by atoms with Crippen LogP contribution in [0.1, 0.15) is 6.92 Å². The molecule has 1 N–H and O–H groups in total. The largest absolute Gasteiger partial charge is 0.321 e. The van der Waals surface area contributed by atoms with Crippen LogP contribution in [0.15, 0.2) is 34.8 Å². The molecule has 0 spiro atoms. The Morgan fingerprint density at radius 1 is 1.57 bits per heavy atom. The molecule has 0 radical (unpaired) electrons. The van der Waals surface area contributed by atoms with Gasteiger partial charge in [-0.25, -0.2) is 0 Å². The van der Waals surface area contributed by atoms with Gasteiger partial charge in [0.25, 0.3) is 0 Å². The lowest BCUT2D eigenvalue weighted by atomic mass is 10.3. The van der Waals surface area contributed by atoms with Crippen molar-refractivity contribution in [2.45, 2.75) is 6.92 Å². The highest BCUT2D eigenvalue weighted by Crippen LogP contribution is 2.22. The highest BCUT2D eigenvalue weighted by Gasteiger charge is 2.02. The minimum absolute atomic E-state index is 0.108. The van der Waals surface area contributed by atoms with E-state index in [9.17, 15) is 4.79 Å². The molecule has 0 saturated heterocycles. The number of carbonyl (C=O) groups excluding carboxylic acids is 1. The second-order valence-corrected chi connectivity index (χ2v) is 4.69. The van der Waals surface area contributed by atoms with Gasteiger partial charge >= 0.3 is 0 Å². The average molecular weight is 366 g/mol. The molecule has 0 unspecified atom stereocenters. The van der Waals surface area contributed by atoms with Gasteiger partial charge in [0, 0.05) is 8.04 Å². The van der Waals surface area contributed by atoms with Gasteiger partial charge in [-0.05, 0) is 53.8 Å². The number of carbonyl (C=O) groups is 1. The number of halogens is 2. The molecule has 0 fully saturated rings. The summed E-state index contributed by atoms with van der Waals surface area (Å²) in [6.45, 7) is 1.81. The Bertz CT molecular complexity index is 376. The summed E-state index contributed by atoms with van der Waals surface area (Å²) in [5.74, 6) is -0.108. The van der Waals surface area contributed by atoms with Crippen LogP contribution in [0.25, 0.3) is 0 Å². The minimum Gasteiger partial charge on any atom is -0.321 e. The molecular formula is C10H9BrINO. The SMILES string of the molecule is C/C=C/C(=O)Nc1cc(Br)ccc1I. The van der Waals surface area contributed by atoms with Gasteiger partial charge in [0.15, 0.2) is 0 Å². The first kappa shape index (κ1) is 11.7. The van der Waals surface area contributed by atoms with Crippen molar-refractivity contribution in [3.05, 3.63) is 38.4 Å². The van der Waals surface area contributed by atoms with Crippen molar-refractivity contribution >= 4 is 50.1 Å². The lowest BCUT2D eigenvalue weighted by Gasteiger charge is -2.05. The van der Waals surface area contributed by atoms with E-state index in [1.165, 1.54) is 6.08 Å². The molecule has 4 heteroatoms. The van der Waals surface area contributed by atoms with E-state index in [2.05, 4.69) is 43.8 Å². The molecule has 1 aromatic rings. The normalized spacial score (nSPS) is 10.5. The fraction of sp³-hybridized carbons (Fsp3) is 0.100. The van der Waals surface area contributed by atoms with Crippen molar-refractivity contribution in [3.8, 4) is 0 Å². The second-order valence-electron chi connectivity index (χ2n) is 2.61. The van der Waals surface area contributed by atoms with Gasteiger partial charge in [0.2, 0.25) is 5.91 Å². The quantitative estimate of drug-likeness (QED) is 0.630. The van der Waals surface area contributed by atoms with E-state index in [0.29, 0.717) is 0 Å². The number of nitrogens with one attached hydrogen (secondary N) is 1. The lowest BCUT2D eigenvalue weighted by molar-refractivity contribution is -0.111. The molecule has 1 amide bonds. The Kier molecular flexibility index (Phi) is 4.60. The molecule has 74 valence electrons. The molecule has 0 bridgehead atoms. The van der Waals surface area contributed by atoms with Crippen molar-refractivity contribution < 1.29 is 4.79 Å². The van der Waals surface area contributed by atoms with Crippen LogP contribution in [0.5, 0.6) is 0 Å². The molecule has 0 aliphatic carbocycles. The van der Waals surface area contributed by atoms with Crippen molar-refractivity contribution in [2.24, 2.45) is 0 Å². The number of amides is 1. The maximum atomic E-state index is 11.3. The highest BCUT2D eigenvalue weighted by molar-refractivity contribution is 14.1. The molecule has 1 rings (SSSR count). The van der Waals surface area contributed by atoms with E-state index in [1.807, 2.05) is 25.1 Å². The Balaban J connectivity index is 2.85. The number of hydrogen-bond donors (Lipinski definition) is 1. The van der Waals surface area contributed by atoms with Crippen LogP contribution in [-0.2, 0) is 4.79 Å². The van der Waals surface area contributed by atoms with Crippen LogP contribution in [0.4, 0.5) is 5.69 Å². The van der Waals surface area contributed by atoms with Gasteiger partial charge in [-0.2, -0.15) is 0 Å². The standard InChI is InChI=1S/C10H9BrINO/c1-2-3-10(14)13-9-6-7(11)4-5-8(9)12/h2-6H,1H3,(H,13,14)/b3-2+. The second kappa shape index (κ2) is 5.50. The Morgan fingerprint density at radius 2 is 2.29 bits per heavy atom. The molecule has 0 aliphatic rings. The molecule has 0 heterocycles. The van der Waals surface area contributed by atoms with E-state index >= 15 is 0 Å². The van der Waals surface area contributed by atoms with E-state index < -0.39 is 0 Å². The molecule has 0 saturated carbocycles. The Labute approximate surface area is 105 Å². The first-order chi connectivity index (χ1) is 6.63. The predicted octanol–water partition coefficient (Wildman–Crippen LogP) is 3.57. The summed E-state index contributed by atoms with van der Waals surface area (Å²) >= 11 is 5.53. The monoisotopic (exact) mass is 365 g/mol. The van der Waals surface area contributed by atoms with Crippen molar-refractivity contribution in [1.82, 2.24) is 0 Å². The predicted molar refractivity (Wildman–Crippen MR) is 70.3 cm³/mol. The molecule has 1 aromatic carbocycles. The van der Waals surface area contributed by atoms with E-state index in [4.69, 9.17) is 0 Å². The lowest BCUT2D eigenvalue weighted by Crippen LogP contribution is -2.08. The van der Waals surface area contributed by atoms with Gasteiger partial charge in [0.05, 0.1) is 5.69 Å². The van der Waals surface area contributed by atoms with Gasteiger partial charge in [0.1, 0.15) is 0 Å². The number of benzene rings is 1. The zero-order chi connectivity index (χ0) is 10.6. The maximum Gasteiger partial charge on any atom is 0.248 e. The van der Waals surface area contributed by atoms with Gasteiger partial charge < -0.3 is 5.32 Å². The number of hydrogen-bond acceptors (Lipinski definition) is 1. The number of anilines is 1. The van der Waals surface area contributed by atoms with Crippen LogP contribution in [0.2, 0.25) is 0 Å². The highest BCUT2D eigenvalue weighted by atomic mass is 127. The summed E-state index contributed by atoms with van der Waals surface area (Å²) in [5, 5.41) is 2.79. The molecular weight excluding hydrogens is 357 g/mol. The molecule has 0 atom stereocenters. The number of allylic oxidation sites excluding steroid dienone is 1. The van der Waals surface area contributed by atoms with Crippen LogP contribution in [-0.4, -0.2) is 5.91 Å². The number of rotatable bonds is 2. The summed E-state index contributed by atoms with van der Waals surface area (Å²) in [7, 11) is 0. The van der Waals surface area contributed by atoms with Gasteiger partial charge in [-0.15, -0.1) is 0 Å². The third-order valence-corrected chi connectivity index (χ3v) is 2.94. The zero-order valence-corrected chi connectivity index (χ0v) is 11.3. The maximum absolute atomic E-state index is 11.3. The summed E-state index contributed by atoms with van der Waals surface area (Å²) in [5.41, 5.74) is 0.822. The van der Waals surface area contributed by atoms with Crippen LogP contribution < -0.4 is 5.32 Å². The van der Waals surface area contributed by atoms with Crippen molar-refractivity contribution in [3.63, 3.8) is 0 Å². The first-order valence-corrected chi connectivity index (χ1v) is 5.89. The van der Waals surface area contributed by atoms with Gasteiger partial charge in [-0.3, -0.25) is 4.79 Å². The molecule has 2 nitrogen and oxygen atoms in total. The molecule has 14 heavy (non-hydrogen) atoms. The Morgan fingerprint density at radius 3 is 2.93 bits per heavy atom. The van der Waals surface area contributed by atoms with Crippen LogP contribution in [0, 0.1) is 3.57 Å². The summed E-state index contributed by atoms with van der Waals surface area (Å²) in [6.07, 6.45) is 3.21. The third kappa shape index (κ3) is 3.42. The first-order valence-electron chi connectivity index (χ1n) is 4.02. The van der Waals surface area contributed by atoms with E-state index in [1.54, 1.807) is 6.08 Å². The van der Waals surface area contributed by atoms with E-state index in [-0.39, 0.29) is 5.91 Å². The zero-order valence-electron chi connectivity index (χ0n) is 7.55. The molecule has 0 aliphatic heterocycles. The summed E-state index contributed by atoms with van der Waals surface area (Å²) in [6, 6.07) is 5.76. The third-order valence-electron chi connectivity index (χ3n) is 1.50. The van der Waals surface area contributed by atoms with Crippen LogP contribution in [0.3, 0.4) is 0 Å². The topological polar surface area (TPSA) is 29.1 Å². The van der Waals surface area contributed by atoms with Crippen LogP contribution >= 0.6 is 38.5 Å². The Hall–Kier alpha value is -0.360. The smallest absolute Gasteiger partial charge is 0.248 e. The minimum atomic E-state index is -0.108. The fourth-order valence-corrected chi connectivity index (χ4v) is 1.75.